The summed E-state index contributed by atoms with van der Waals surface area (Å²) in [4.78, 5) is 2.11. The fourth-order valence-corrected chi connectivity index (χ4v) is 2.17. The van der Waals surface area contributed by atoms with Gasteiger partial charge in [0.2, 0.25) is 0 Å². The minimum atomic E-state index is -0.403. The summed E-state index contributed by atoms with van der Waals surface area (Å²) in [6.45, 7) is 3.16. The molecule has 0 radical (unpaired) electrons. The molecular formula is C10H14BrFN2O. The number of hydrogen-bond acceptors (Lipinski definition) is 3. The Morgan fingerprint density at radius 1 is 1.47 bits per heavy atom. The average molecular weight is 277 g/mol. The van der Waals surface area contributed by atoms with Gasteiger partial charge >= 0.3 is 0 Å². The van der Waals surface area contributed by atoms with Crippen molar-refractivity contribution in [1.82, 2.24) is 10.2 Å². The van der Waals surface area contributed by atoms with Crippen molar-refractivity contribution < 1.29 is 8.81 Å². The number of nitrogens with one attached hydrogen (secondary N) is 1. The number of hydrogen-bond donors (Lipinski definition) is 1. The third kappa shape index (κ3) is 2.59. The topological polar surface area (TPSA) is 28.4 Å². The lowest BCUT2D eigenvalue weighted by atomic mass is 10.2. The van der Waals surface area contributed by atoms with Crippen molar-refractivity contribution in [2.24, 2.45) is 0 Å². The molecule has 0 spiro atoms. The normalized spacial score (nSPS) is 20.4. The fourth-order valence-electron chi connectivity index (χ4n) is 1.85. The Bertz CT molecular complexity index is 312. The van der Waals surface area contributed by atoms with Gasteiger partial charge in [0.15, 0.2) is 4.67 Å². The van der Waals surface area contributed by atoms with Gasteiger partial charge < -0.3 is 9.73 Å². The first-order chi connectivity index (χ1) is 7.31. The van der Waals surface area contributed by atoms with E-state index in [0.717, 1.165) is 26.2 Å². The quantitative estimate of drug-likeness (QED) is 0.915. The summed E-state index contributed by atoms with van der Waals surface area (Å²) in [6.07, 6.45) is 0. The Kier molecular flexibility index (Phi) is 3.77. The van der Waals surface area contributed by atoms with Gasteiger partial charge in [0.05, 0.1) is 6.04 Å². The molecule has 2 rings (SSSR count). The van der Waals surface area contributed by atoms with Crippen molar-refractivity contribution in [2.75, 3.05) is 32.9 Å². The zero-order valence-electron chi connectivity index (χ0n) is 8.38. The molecule has 2 heterocycles. The summed E-state index contributed by atoms with van der Waals surface area (Å²) in [5, 5.41) is 3.25. The highest BCUT2D eigenvalue weighted by atomic mass is 79.9. The molecule has 1 fully saturated rings. The summed E-state index contributed by atoms with van der Waals surface area (Å²) >= 11 is 3.23. The maximum Gasteiger partial charge on any atom is 0.169 e. The van der Waals surface area contributed by atoms with Crippen LogP contribution < -0.4 is 5.32 Å². The van der Waals surface area contributed by atoms with Crippen molar-refractivity contribution in [3.05, 3.63) is 22.6 Å². The van der Waals surface area contributed by atoms with E-state index in [2.05, 4.69) is 26.1 Å². The fraction of sp³-hybridized carbons (Fsp3) is 0.600. The van der Waals surface area contributed by atoms with Crippen molar-refractivity contribution in [2.45, 2.75) is 6.04 Å². The van der Waals surface area contributed by atoms with Gasteiger partial charge in [-0.05, 0) is 28.1 Å². The maximum atomic E-state index is 13.0. The van der Waals surface area contributed by atoms with E-state index in [1.807, 2.05) is 6.07 Å². The Labute approximate surface area is 96.8 Å². The van der Waals surface area contributed by atoms with E-state index in [1.54, 1.807) is 6.07 Å². The maximum absolute atomic E-state index is 13.0. The molecule has 1 aromatic rings. The molecule has 0 aromatic carbocycles. The SMILES string of the molecule is FC[C@@H](c1ccc(Br)o1)N1CCNCC1. The molecule has 1 aromatic heterocycles. The van der Waals surface area contributed by atoms with E-state index in [9.17, 15) is 4.39 Å². The number of rotatable bonds is 3. The summed E-state index contributed by atoms with van der Waals surface area (Å²) in [5.74, 6) is 0.700. The number of furan rings is 1. The Hall–Kier alpha value is -0.390. The minimum absolute atomic E-state index is 0.238. The molecule has 1 N–H and O–H groups in total. The van der Waals surface area contributed by atoms with Gasteiger partial charge in [0, 0.05) is 26.2 Å². The van der Waals surface area contributed by atoms with Gasteiger partial charge in [-0.25, -0.2) is 4.39 Å². The van der Waals surface area contributed by atoms with Crippen LogP contribution in [0.3, 0.4) is 0 Å². The molecule has 0 bridgehead atoms. The van der Waals surface area contributed by atoms with Gasteiger partial charge in [-0.1, -0.05) is 0 Å². The highest BCUT2D eigenvalue weighted by molar-refractivity contribution is 9.10. The van der Waals surface area contributed by atoms with Crippen LogP contribution in [-0.4, -0.2) is 37.8 Å². The molecule has 1 aliphatic heterocycles. The Morgan fingerprint density at radius 3 is 2.73 bits per heavy atom. The first-order valence-corrected chi connectivity index (χ1v) is 5.86. The van der Waals surface area contributed by atoms with Crippen LogP contribution in [0.4, 0.5) is 4.39 Å². The molecule has 0 unspecified atom stereocenters. The second-order valence-electron chi connectivity index (χ2n) is 3.60. The summed E-state index contributed by atoms with van der Waals surface area (Å²) in [6, 6.07) is 3.40. The van der Waals surface area contributed by atoms with Crippen LogP contribution in [-0.2, 0) is 0 Å². The zero-order valence-corrected chi connectivity index (χ0v) is 9.96. The molecule has 0 amide bonds. The number of piperazine rings is 1. The Morgan fingerprint density at radius 2 is 2.20 bits per heavy atom. The number of alkyl halides is 1. The smallest absolute Gasteiger partial charge is 0.169 e. The standard InChI is InChI=1S/C10H14BrFN2O/c11-10-2-1-9(15-10)8(7-12)14-5-3-13-4-6-14/h1-2,8,13H,3-7H2/t8-/m0/s1. The van der Waals surface area contributed by atoms with E-state index < -0.39 is 6.67 Å². The predicted octanol–water partition coefficient (Wildman–Crippen LogP) is 1.96. The molecular weight excluding hydrogens is 263 g/mol. The monoisotopic (exact) mass is 276 g/mol. The highest BCUT2D eigenvalue weighted by Gasteiger charge is 2.24. The molecule has 15 heavy (non-hydrogen) atoms. The van der Waals surface area contributed by atoms with Crippen LogP contribution in [0.25, 0.3) is 0 Å². The van der Waals surface area contributed by atoms with E-state index in [4.69, 9.17) is 4.42 Å². The molecule has 1 atom stereocenters. The van der Waals surface area contributed by atoms with Crippen molar-refractivity contribution in [3.63, 3.8) is 0 Å². The second-order valence-corrected chi connectivity index (χ2v) is 4.38. The molecule has 3 nitrogen and oxygen atoms in total. The van der Waals surface area contributed by atoms with E-state index in [1.165, 1.54) is 0 Å². The largest absolute Gasteiger partial charge is 0.453 e. The van der Waals surface area contributed by atoms with Crippen molar-refractivity contribution in [3.8, 4) is 0 Å². The van der Waals surface area contributed by atoms with Crippen LogP contribution in [0, 0.1) is 0 Å². The van der Waals surface area contributed by atoms with Gasteiger partial charge in [0.1, 0.15) is 12.4 Å². The average Bonchev–Trinajstić information content (AvgIpc) is 2.68. The lowest BCUT2D eigenvalue weighted by molar-refractivity contribution is 0.129. The summed E-state index contributed by atoms with van der Waals surface area (Å²) in [5.41, 5.74) is 0. The first-order valence-electron chi connectivity index (χ1n) is 5.07. The van der Waals surface area contributed by atoms with Crippen molar-refractivity contribution in [1.29, 1.82) is 0 Å². The molecule has 1 saturated heterocycles. The van der Waals surface area contributed by atoms with Gasteiger partial charge in [-0.15, -0.1) is 0 Å². The van der Waals surface area contributed by atoms with Crippen LogP contribution in [0.1, 0.15) is 11.8 Å². The van der Waals surface area contributed by atoms with E-state index >= 15 is 0 Å². The van der Waals surface area contributed by atoms with Gasteiger partial charge in [-0.2, -0.15) is 0 Å². The van der Waals surface area contributed by atoms with Crippen LogP contribution in [0.5, 0.6) is 0 Å². The van der Waals surface area contributed by atoms with Crippen molar-refractivity contribution >= 4 is 15.9 Å². The molecule has 0 aliphatic carbocycles. The second kappa shape index (κ2) is 5.09. The van der Waals surface area contributed by atoms with Gasteiger partial charge in [-0.3, -0.25) is 4.90 Å². The van der Waals surface area contributed by atoms with Crippen LogP contribution in [0.2, 0.25) is 0 Å². The minimum Gasteiger partial charge on any atom is -0.453 e. The molecule has 84 valence electrons. The molecule has 5 heteroatoms. The summed E-state index contributed by atoms with van der Waals surface area (Å²) in [7, 11) is 0. The third-order valence-corrected chi connectivity index (χ3v) is 3.09. The highest BCUT2D eigenvalue weighted by Crippen LogP contribution is 2.25. The van der Waals surface area contributed by atoms with E-state index in [0.29, 0.717) is 10.4 Å². The van der Waals surface area contributed by atoms with Crippen LogP contribution in [0.15, 0.2) is 21.2 Å². The number of nitrogens with zero attached hydrogens (tertiary/aromatic N) is 1. The number of halogens is 2. The lowest BCUT2D eigenvalue weighted by Gasteiger charge is -2.32. The first kappa shape index (κ1) is 11.1. The molecule has 1 aliphatic rings. The third-order valence-electron chi connectivity index (χ3n) is 2.66. The predicted molar refractivity (Wildman–Crippen MR) is 59.6 cm³/mol. The summed E-state index contributed by atoms with van der Waals surface area (Å²) < 4.78 is 19.1. The van der Waals surface area contributed by atoms with E-state index in [-0.39, 0.29) is 6.04 Å². The van der Waals surface area contributed by atoms with Crippen LogP contribution >= 0.6 is 15.9 Å². The lowest BCUT2D eigenvalue weighted by Crippen LogP contribution is -2.45. The zero-order chi connectivity index (χ0) is 10.7. The Balaban J connectivity index is 2.08. The molecule has 0 saturated carbocycles. The van der Waals surface area contributed by atoms with Gasteiger partial charge in [0.25, 0.3) is 0 Å².